The normalized spacial score (nSPS) is 17.4. The van der Waals surface area contributed by atoms with Crippen molar-refractivity contribution in [2.75, 3.05) is 0 Å². The molecule has 0 saturated heterocycles. The smallest absolute Gasteiger partial charge is 0.250 e. The van der Waals surface area contributed by atoms with Crippen molar-refractivity contribution in [3.8, 4) is 0 Å². The van der Waals surface area contributed by atoms with Crippen LogP contribution in [-0.2, 0) is 5.54 Å². The summed E-state index contributed by atoms with van der Waals surface area (Å²) >= 11 is 3.30. The molecule has 2 N–H and O–H groups in total. The molecule has 104 valence electrons. The minimum Gasteiger partial charge on any atom is -0.335 e. The molecule has 0 aliphatic heterocycles. The van der Waals surface area contributed by atoms with Gasteiger partial charge in [-0.3, -0.25) is 0 Å². The lowest BCUT2D eigenvalue weighted by Gasteiger charge is -2.34. The van der Waals surface area contributed by atoms with Gasteiger partial charge in [-0.05, 0) is 43.5 Å². The van der Waals surface area contributed by atoms with Crippen molar-refractivity contribution in [1.29, 1.82) is 0 Å². The fourth-order valence-corrected chi connectivity index (χ4v) is 2.47. The molecule has 0 unspecified atom stereocenters. The van der Waals surface area contributed by atoms with Gasteiger partial charge in [0.1, 0.15) is 5.82 Å². The quantitative estimate of drug-likeness (QED) is 0.931. The van der Waals surface area contributed by atoms with E-state index in [1.54, 1.807) is 24.3 Å². The monoisotopic (exact) mass is 337 g/mol. The molecule has 6 heteroatoms. The molecule has 0 atom stereocenters. The maximum Gasteiger partial charge on any atom is 0.250 e. The first-order valence-corrected chi connectivity index (χ1v) is 7.12. The lowest BCUT2D eigenvalue weighted by atomic mass is 9.77. The summed E-state index contributed by atoms with van der Waals surface area (Å²) in [4.78, 5) is 4.25. The van der Waals surface area contributed by atoms with Crippen LogP contribution in [0.5, 0.6) is 0 Å². The number of hydrogen-bond acceptors (Lipinski definition) is 4. The lowest BCUT2D eigenvalue weighted by molar-refractivity contribution is 0.229. The molecule has 20 heavy (non-hydrogen) atoms. The van der Waals surface area contributed by atoms with Crippen LogP contribution in [0.2, 0.25) is 0 Å². The van der Waals surface area contributed by atoms with Crippen molar-refractivity contribution >= 4 is 28.1 Å². The zero-order valence-electron chi connectivity index (χ0n) is 10.6. The molecule has 1 aromatic heterocycles. The van der Waals surface area contributed by atoms with E-state index in [1.807, 2.05) is 0 Å². The third-order valence-corrected chi connectivity index (χ3v) is 3.99. The van der Waals surface area contributed by atoms with E-state index in [-0.39, 0.29) is 5.82 Å². The van der Waals surface area contributed by atoms with E-state index in [2.05, 4.69) is 26.1 Å². The van der Waals surface area contributed by atoms with Crippen LogP contribution >= 0.6 is 15.9 Å². The van der Waals surface area contributed by atoms with E-state index in [0.717, 1.165) is 23.7 Å². The van der Waals surface area contributed by atoms with E-state index >= 15 is 0 Å². The first-order valence-electron chi connectivity index (χ1n) is 6.33. The van der Waals surface area contributed by atoms with Crippen molar-refractivity contribution in [2.24, 2.45) is 5.73 Å². The number of benzene rings is 1. The second-order valence-electron chi connectivity index (χ2n) is 4.97. The van der Waals surface area contributed by atoms with Crippen molar-refractivity contribution in [2.45, 2.75) is 24.8 Å². The third kappa shape index (κ3) is 2.53. The molecule has 0 bridgehead atoms. The minimum atomic E-state index is -0.448. The Bertz CT molecular complexity index is 664. The zero-order valence-corrected chi connectivity index (χ0v) is 12.2. The summed E-state index contributed by atoms with van der Waals surface area (Å²) in [6, 6.07) is 4.72. The van der Waals surface area contributed by atoms with Crippen molar-refractivity contribution in [3.05, 3.63) is 45.8 Å². The second kappa shape index (κ2) is 5.10. The van der Waals surface area contributed by atoms with Gasteiger partial charge in [-0.15, -0.1) is 0 Å². The highest BCUT2D eigenvalue weighted by atomic mass is 79.9. The lowest BCUT2D eigenvalue weighted by Crippen LogP contribution is -2.44. The molecular formula is C14H13BrFN3O. The molecule has 3 rings (SSSR count). The Labute approximate surface area is 124 Å². The van der Waals surface area contributed by atoms with Crippen LogP contribution in [0.4, 0.5) is 4.39 Å². The molecule has 1 heterocycles. The minimum absolute atomic E-state index is 0.307. The SMILES string of the molecule is NC1(c2noc(/C=C/c3cc(Br)ccc3F)n2)CCC1. The number of aromatic nitrogens is 2. The Morgan fingerprint density at radius 2 is 2.15 bits per heavy atom. The van der Waals surface area contributed by atoms with Crippen LogP contribution in [0.1, 0.15) is 36.5 Å². The van der Waals surface area contributed by atoms with Gasteiger partial charge in [-0.2, -0.15) is 4.98 Å². The predicted octanol–water partition coefficient (Wildman–Crippen LogP) is 3.48. The summed E-state index contributed by atoms with van der Waals surface area (Å²) in [6.07, 6.45) is 6.01. The summed E-state index contributed by atoms with van der Waals surface area (Å²) in [5, 5.41) is 3.90. The maximum atomic E-state index is 13.6. The number of hydrogen-bond donors (Lipinski definition) is 1. The standard InChI is InChI=1S/C14H13BrFN3O/c15-10-3-4-11(16)9(8-10)2-5-12-18-13(19-20-12)14(17)6-1-7-14/h2-5,8H,1,6-7,17H2/b5-2+. The van der Waals surface area contributed by atoms with E-state index in [0.29, 0.717) is 17.3 Å². The Kier molecular flexibility index (Phi) is 3.43. The summed E-state index contributed by atoms with van der Waals surface area (Å²) in [5.41, 5.74) is 6.11. The largest absolute Gasteiger partial charge is 0.335 e. The average Bonchev–Trinajstić information content (AvgIpc) is 2.86. The Morgan fingerprint density at radius 1 is 1.35 bits per heavy atom. The van der Waals surface area contributed by atoms with Gasteiger partial charge in [0.15, 0.2) is 5.82 Å². The van der Waals surface area contributed by atoms with Crippen molar-refractivity contribution in [1.82, 2.24) is 10.1 Å². The van der Waals surface area contributed by atoms with Crippen LogP contribution in [0.3, 0.4) is 0 Å². The molecular weight excluding hydrogens is 325 g/mol. The van der Waals surface area contributed by atoms with Crippen LogP contribution < -0.4 is 5.73 Å². The molecule has 0 spiro atoms. The van der Waals surface area contributed by atoms with E-state index in [1.165, 1.54) is 6.07 Å². The molecule has 1 aliphatic carbocycles. The fraction of sp³-hybridized carbons (Fsp3) is 0.286. The zero-order chi connectivity index (χ0) is 14.2. The van der Waals surface area contributed by atoms with E-state index in [4.69, 9.17) is 10.3 Å². The Balaban J connectivity index is 1.81. The van der Waals surface area contributed by atoms with Gasteiger partial charge >= 0.3 is 0 Å². The number of nitrogens with two attached hydrogens (primary N) is 1. The third-order valence-electron chi connectivity index (χ3n) is 3.50. The highest BCUT2D eigenvalue weighted by molar-refractivity contribution is 9.10. The van der Waals surface area contributed by atoms with Gasteiger partial charge in [0.2, 0.25) is 0 Å². The number of nitrogens with zero attached hydrogens (tertiary/aromatic N) is 2. The summed E-state index contributed by atoms with van der Waals surface area (Å²) in [5.74, 6) is 0.549. The molecule has 4 nitrogen and oxygen atoms in total. The highest BCUT2D eigenvalue weighted by Gasteiger charge is 2.38. The molecule has 2 aromatic rings. The van der Waals surface area contributed by atoms with Crippen LogP contribution in [-0.4, -0.2) is 10.1 Å². The van der Waals surface area contributed by atoms with Gasteiger partial charge < -0.3 is 10.3 Å². The van der Waals surface area contributed by atoms with Crippen LogP contribution in [0, 0.1) is 5.82 Å². The molecule has 1 aromatic carbocycles. The summed E-state index contributed by atoms with van der Waals surface area (Å²) in [6.45, 7) is 0. The van der Waals surface area contributed by atoms with Gasteiger partial charge in [0, 0.05) is 16.1 Å². The molecule has 1 fully saturated rings. The maximum absolute atomic E-state index is 13.6. The van der Waals surface area contributed by atoms with Crippen molar-refractivity contribution < 1.29 is 8.91 Å². The number of rotatable bonds is 3. The first kappa shape index (κ1) is 13.5. The Morgan fingerprint density at radius 3 is 2.85 bits per heavy atom. The second-order valence-corrected chi connectivity index (χ2v) is 5.88. The highest BCUT2D eigenvalue weighted by Crippen LogP contribution is 2.36. The summed E-state index contributed by atoms with van der Waals surface area (Å²) in [7, 11) is 0. The van der Waals surface area contributed by atoms with Gasteiger partial charge in [0.05, 0.1) is 5.54 Å². The average molecular weight is 338 g/mol. The molecule has 1 saturated carbocycles. The topological polar surface area (TPSA) is 64.9 Å². The van der Waals surface area contributed by atoms with E-state index in [9.17, 15) is 4.39 Å². The van der Waals surface area contributed by atoms with Crippen molar-refractivity contribution in [3.63, 3.8) is 0 Å². The van der Waals surface area contributed by atoms with Gasteiger partial charge in [-0.1, -0.05) is 21.1 Å². The predicted molar refractivity (Wildman–Crippen MR) is 77.0 cm³/mol. The Hall–Kier alpha value is -1.53. The summed E-state index contributed by atoms with van der Waals surface area (Å²) < 4.78 is 19.5. The van der Waals surface area contributed by atoms with E-state index < -0.39 is 5.54 Å². The fourth-order valence-electron chi connectivity index (χ4n) is 2.09. The molecule has 1 aliphatic rings. The van der Waals surface area contributed by atoms with Crippen LogP contribution in [0.15, 0.2) is 27.2 Å². The molecule has 0 amide bonds. The number of halogens is 2. The first-order chi connectivity index (χ1) is 9.57. The molecule has 0 radical (unpaired) electrons. The van der Waals surface area contributed by atoms with Gasteiger partial charge in [0.25, 0.3) is 5.89 Å². The van der Waals surface area contributed by atoms with Crippen LogP contribution in [0.25, 0.3) is 12.2 Å². The van der Waals surface area contributed by atoms with Gasteiger partial charge in [-0.25, -0.2) is 4.39 Å².